The Hall–Kier alpha value is -2.54. The summed E-state index contributed by atoms with van der Waals surface area (Å²) in [6.45, 7) is 7.99. The van der Waals surface area contributed by atoms with E-state index >= 15 is 0 Å². The van der Waals surface area contributed by atoms with Crippen molar-refractivity contribution in [1.82, 2.24) is 20.1 Å². The van der Waals surface area contributed by atoms with E-state index in [1.165, 1.54) is 17.3 Å². The number of hydrogen-bond donors (Lipinski definition) is 1. The Morgan fingerprint density at radius 1 is 1.22 bits per heavy atom. The van der Waals surface area contributed by atoms with E-state index in [0.717, 1.165) is 23.4 Å². The highest BCUT2D eigenvalue weighted by atomic mass is 32.2. The van der Waals surface area contributed by atoms with Crippen LogP contribution in [-0.4, -0.2) is 32.5 Å². The lowest BCUT2D eigenvalue weighted by atomic mass is 10.2. The number of aryl methyl sites for hydroxylation is 2. The van der Waals surface area contributed by atoms with Crippen LogP contribution in [0.2, 0.25) is 0 Å². The molecule has 0 aliphatic heterocycles. The lowest BCUT2D eigenvalue weighted by Crippen LogP contribution is -2.33. The van der Waals surface area contributed by atoms with Crippen molar-refractivity contribution in [3.8, 4) is 17.1 Å². The van der Waals surface area contributed by atoms with E-state index in [9.17, 15) is 4.79 Å². The number of nitrogens with one attached hydrogen (secondary N) is 1. The van der Waals surface area contributed by atoms with Crippen molar-refractivity contribution in [2.45, 2.75) is 45.3 Å². The third kappa shape index (κ3) is 4.42. The van der Waals surface area contributed by atoms with Gasteiger partial charge in [0.15, 0.2) is 11.0 Å². The number of thioether (sulfide) groups is 1. The molecule has 0 saturated heterocycles. The second-order valence-electron chi connectivity index (χ2n) is 6.53. The summed E-state index contributed by atoms with van der Waals surface area (Å²) < 4.78 is 7.41. The van der Waals surface area contributed by atoms with Gasteiger partial charge in [-0.2, -0.15) is 0 Å². The van der Waals surface area contributed by atoms with Crippen molar-refractivity contribution in [3.63, 3.8) is 0 Å². The quantitative estimate of drug-likeness (QED) is 0.620. The number of carbonyl (C=O) groups excluding carboxylic acids is 1. The third-order valence-electron chi connectivity index (χ3n) is 4.38. The highest BCUT2D eigenvalue weighted by molar-refractivity contribution is 7.99. The summed E-state index contributed by atoms with van der Waals surface area (Å²) in [4.78, 5) is 12.2. The molecule has 6 nitrogen and oxygen atoms in total. The molecule has 142 valence electrons. The summed E-state index contributed by atoms with van der Waals surface area (Å²) in [7, 11) is 0. The second kappa shape index (κ2) is 8.43. The monoisotopic (exact) mass is 384 g/mol. The maximum atomic E-state index is 12.2. The van der Waals surface area contributed by atoms with E-state index in [2.05, 4.69) is 15.5 Å². The minimum atomic E-state index is -0.00570. The molecule has 2 heterocycles. The molecule has 3 aromatic rings. The first kappa shape index (κ1) is 19.2. The van der Waals surface area contributed by atoms with Gasteiger partial charge in [0.1, 0.15) is 5.76 Å². The lowest BCUT2D eigenvalue weighted by Gasteiger charge is -2.12. The van der Waals surface area contributed by atoms with E-state index in [0.29, 0.717) is 16.7 Å². The number of nitrogens with zero attached hydrogens (tertiary/aromatic N) is 3. The molecule has 0 saturated carbocycles. The summed E-state index contributed by atoms with van der Waals surface area (Å²) in [5.74, 6) is 1.77. The van der Waals surface area contributed by atoms with Gasteiger partial charge in [-0.3, -0.25) is 9.36 Å². The molecule has 0 spiro atoms. The molecule has 0 bridgehead atoms. The van der Waals surface area contributed by atoms with Crippen molar-refractivity contribution >= 4 is 17.7 Å². The van der Waals surface area contributed by atoms with Crippen LogP contribution in [0.25, 0.3) is 17.1 Å². The van der Waals surface area contributed by atoms with Gasteiger partial charge in [0.25, 0.3) is 0 Å². The summed E-state index contributed by atoms with van der Waals surface area (Å²) in [5.41, 5.74) is 3.01. The van der Waals surface area contributed by atoms with E-state index < -0.39 is 0 Å². The van der Waals surface area contributed by atoms with Gasteiger partial charge in [0.05, 0.1) is 17.6 Å². The van der Waals surface area contributed by atoms with Gasteiger partial charge in [-0.05, 0) is 45.4 Å². The summed E-state index contributed by atoms with van der Waals surface area (Å²) >= 11 is 1.38. The Morgan fingerprint density at radius 2 is 1.96 bits per heavy atom. The number of amides is 1. The second-order valence-corrected chi connectivity index (χ2v) is 7.48. The van der Waals surface area contributed by atoms with Gasteiger partial charge >= 0.3 is 0 Å². The van der Waals surface area contributed by atoms with Crippen LogP contribution in [0.5, 0.6) is 0 Å². The topological polar surface area (TPSA) is 73.0 Å². The molecule has 0 fully saturated rings. The largest absolute Gasteiger partial charge is 0.469 e. The molecule has 7 heteroatoms. The van der Waals surface area contributed by atoms with Crippen LogP contribution < -0.4 is 5.32 Å². The van der Waals surface area contributed by atoms with Crippen molar-refractivity contribution in [2.75, 3.05) is 5.75 Å². The lowest BCUT2D eigenvalue weighted by molar-refractivity contribution is -0.119. The zero-order valence-electron chi connectivity index (χ0n) is 16.0. The van der Waals surface area contributed by atoms with Crippen LogP contribution >= 0.6 is 11.8 Å². The third-order valence-corrected chi connectivity index (χ3v) is 5.31. The van der Waals surface area contributed by atoms with Crippen LogP contribution in [0.1, 0.15) is 31.6 Å². The van der Waals surface area contributed by atoms with Gasteiger partial charge in [0.2, 0.25) is 5.91 Å². The standard InChI is InChI=1S/C20H24N4O2S/c1-5-14(3)21-18(25)12-27-20-23-22-19(17-10-11-26-15(17)4)24(20)16-8-6-13(2)7-9-16/h6-11,14H,5,12H2,1-4H3,(H,21,25)/t14-/m0/s1. The molecular weight excluding hydrogens is 360 g/mol. The molecule has 1 atom stereocenters. The van der Waals surface area contributed by atoms with Crippen molar-refractivity contribution < 1.29 is 9.21 Å². The maximum absolute atomic E-state index is 12.2. The molecule has 3 rings (SSSR count). The Bertz CT molecular complexity index is 914. The Morgan fingerprint density at radius 3 is 2.59 bits per heavy atom. The Kier molecular flexibility index (Phi) is 6.01. The zero-order valence-corrected chi connectivity index (χ0v) is 16.8. The number of aromatic nitrogens is 3. The Balaban J connectivity index is 1.92. The highest BCUT2D eigenvalue weighted by Gasteiger charge is 2.19. The first-order valence-electron chi connectivity index (χ1n) is 8.98. The summed E-state index contributed by atoms with van der Waals surface area (Å²) in [6.07, 6.45) is 2.55. The van der Waals surface area contributed by atoms with Gasteiger partial charge < -0.3 is 9.73 Å². The number of furan rings is 1. The van der Waals surface area contributed by atoms with Gasteiger partial charge in [-0.1, -0.05) is 36.4 Å². The molecule has 2 aromatic heterocycles. The molecule has 27 heavy (non-hydrogen) atoms. The molecule has 0 aliphatic rings. The fraction of sp³-hybridized carbons (Fsp3) is 0.350. The average Bonchev–Trinajstić information content (AvgIpc) is 3.26. The molecular formula is C20H24N4O2S. The van der Waals surface area contributed by atoms with E-state index in [4.69, 9.17) is 4.42 Å². The van der Waals surface area contributed by atoms with Crippen molar-refractivity contribution in [2.24, 2.45) is 0 Å². The fourth-order valence-electron chi connectivity index (χ4n) is 2.63. The van der Waals surface area contributed by atoms with Gasteiger partial charge in [0, 0.05) is 11.7 Å². The normalized spacial score (nSPS) is 12.1. The van der Waals surface area contributed by atoms with Gasteiger partial charge in [-0.15, -0.1) is 10.2 Å². The first-order chi connectivity index (χ1) is 13.0. The molecule has 1 amide bonds. The van der Waals surface area contributed by atoms with Gasteiger partial charge in [-0.25, -0.2) is 0 Å². The van der Waals surface area contributed by atoms with Crippen LogP contribution in [-0.2, 0) is 4.79 Å². The van der Waals surface area contributed by atoms with Crippen LogP contribution in [0, 0.1) is 13.8 Å². The molecule has 0 aliphatic carbocycles. The molecule has 0 radical (unpaired) electrons. The number of hydrogen-bond acceptors (Lipinski definition) is 5. The fourth-order valence-corrected chi connectivity index (χ4v) is 3.39. The number of carbonyl (C=O) groups is 1. The average molecular weight is 385 g/mol. The molecule has 1 N–H and O–H groups in total. The van der Waals surface area contributed by atoms with E-state index in [1.54, 1.807) is 6.26 Å². The smallest absolute Gasteiger partial charge is 0.230 e. The minimum Gasteiger partial charge on any atom is -0.469 e. The number of rotatable bonds is 7. The minimum absolute atomic E-state index is 0.00570. The summed E-state index contributed by atoms with van der Waals surface area (Å²) in [5, 5.41) is 12.4. The highest BCUT2D eigenvalue weighted by Crippen LogP contribution is 2.30. The predicted octanol–water partition coefficient (Wildman–Crippen LogP) is 4.15. The van der Waals surface area contributed by atoms with Crippen LogP contribution in [0.15, 0.2) is 46.2 Å². The predicted molar refractivity (Wildman–Crippen MR) is 107 cm³/mol. The van der Waals surface area contributed by atoms with Crippen LogP contribution in [0.4, 0.5) is 0 Å². The van der Waals surface area contributed by atoms with Crippen LogP contribution in [0.3, 0.4) is 0 Å². The number of benzene rings is 1. The Labute approximate surface area is 163 Å². The van der Waals surface area contributed by atoms with E-state index in [-0.39, 0.29) is 11.9 Å². The summed E-state index contributed by atoms with van der Waals surface area (Å²) in [6, 6.07) is 10.2. The van der Waals surface area contributed by atoms with Crippen molar-refractivity contribution in [3.05, 3.63) is 47.9 Å². The molecule has 1 aromatic carbocycles. The molecule has 0 unspecified atom stereocenters. The SMILES string of the molecule is CC[C@H](C)NC(=O)CSc1nnc(-c2ccoc2C)n1-c1ccc(C)cc1. The zero-order chi connectivity index (χ0) is 19.4. The first-order valence-corrected chi connectivity index (χ1v) is 9.97. The maximum Gasteiger partial charge on any atom is 0.230 e. The van der Waals surface area contributed by atoms with E-state index in [1.807, 2.05) is 62.6 Å². The van der Waals surface area contributed by atoms with Crippen molar-refractivity contribution in [1.29, 1.82) is 0 Å².